The number of aryl methyl sites for hydroxylation is 2. The zero-order valence-corrected chi connectivity index (χ0v) is 23.8. The van der Waals surface area contributed by atoms with Crippen LogP contribution in [0.1, 0.15) is 41.4 Å². The van der Waals surface area contributed by atoms with Crippen molar-refractivity contribution in [1.29, 1.82) is 0 Å². The van der Waals surface area contributed by atoms with E-state index in [0.717, 1.165) is 36.0 Å². The number of ketones is 1. The summed E-state index contributed by atoms with van der Waals surface area (Å²) < 4.78 is 78.8. The van der Waals surface area contributed by atoms with Crippen LogP contribution in [0.2, 0.25) is 0 Å². The molecule has 0 aromatic carbocycles. The van der Waals surface area contributed by atoms with Gasteiger partial charge in [0.25, 0.3) is 0 Å². The van der Waals surface area contributed by atoms with Crippen molar-refractivity contribution in [2.24, 2.45) is 19.3 Å². The number of hydrogen-bond acceptors (Lipinski definition) is 9. The van der Waals surface area contributed by atoms with Crippen molar-refractivity contribution in [3.8, 4) is 0 Å². The molecule has 0 unspecified atom stereocenters. The summed E-state index contributed by atoms with van der Waals surface area (Å²) in [7, 11) is 3.19. The number of oxime groups is 1. The first-order valence-corrected chi connectivity index (χ1v) is 14.2. The number of imidazole rings is 2. The summed E-state index contributed by atoms with van der Waals surface area (Å²) in [5, 5.41) is 12.2. The lowest BCUT2D eigenvalue weighted by Crippen LogP contribution is -2.12. The van der Waals surface area contributed by atoms with Crippen LogP contribution in [0.5, 0.6) is 0 Å². The van der Waals surface area contributed by atoms with E-state index in [4.69, 9.17) is 5.21 Å². The van der Waals surface area contributed by atoms with E-state index in [9.17, 15) is 31.1 Å². The van der Waals surface area contributed by atoms with Crippen LogP contribution in [0.25, 0.3) is 22.3 Å². The average molecular weight is 622 g/mol. The maximum atomic E-state index is 12.7. The van der Waals surface area contributed by atoms with Gasteiger partial charge in [-0.25, -0.2) is 19.9 Å². The SMILES string of the molecule is CCSCC(=NO)c1nc2cc(C(F)(F)F)cnc2n1C.CCSCC(=O)c1nc2cc(C(F)(F)F)cnc2n1C. The molecule has 4 heterocycles. The fourth-order valence-electron chi connectivity index (χ4n) is 3.57. The molecule has 0 aliphatic carbocycles. The summed E-state index contributed by atoms with van der Waals surface area (Å²) in [5.41, 5.74) is -0.661. The van der Waals surface area contributed by atoms with Gasteiger partial charge in [0.05, 0.1) is 16.9 Å². The van der Waals surface area contributed by atoms with E-state index in [1.165, 1.54) is 32.7 Å². The first kappa shape index (κ1) is 32.2. The monoisotopic (exact) mass is 621 g/mol. The molecule has 1 N–H and O–H groups in total. The number of rotatable bonds is 8. The topological polar surface area (TPSA) is 111 Å². The predicted molar refractivity (Wildman–Crippen MR) is 146 cm³/mol. The van der Waals surface area contributed by atoms with E-state index in [0.29, 0.717) is 22.9 Å². The Morgan fingerprint density at radius 3 is 1.71 bits per heavy atom. The smallest absolute Gasteiger partial charge is 0.411 e. The summed E-state index contributed by atoms with van der Waals surface area (Å²) in [5.74, 6) is 2.49. The van der Waals surface area contributed by atoms with Crippen LogP contribution >= 0.6 is 23.5 Å². The quantitative estimate of drug-likeness (QED) is 0.0859. The second kappa shape index (κ2) is 13.1. The number of carbonyl (C=O) groups is 1. The van der Waals surface area contributed by atoms with Gasteiger partial charge in [0, 0.05) is 32.2 Å². The highest BCUT2D eigenvalue weighted by atomic mass is 32.2. The summed E-state index contributed by atoms with van der Waals surface area (Å²) >= 11 is 2.95. The van der Waals surface area contributed by atoms with Gasteiger partial charge < -0.3 is 14.3 Å². The van der Waals surface area contributed by atoms with E-state index in [-0.39, 0.29) is 34.0 Å². The van der Waals surface area contributed by atoms with E-state index in [1.807, 2.05) is 13.8 Å². The summed E-state index contributed by atoms with van der Waals surface area (Å²) in [6.45, 7) is 3.87. The molecule has 0 spiro atoms. The third kappa shape index (κ3) is 7.49. The van der Waals surface area contributed by atoms with Crippen LogP contribution in [0, 0.1) is 0 Å². The van der Waals surface area contributed by atoms with Crippen LogP contribution in [0.15, 0.2) is 29.7 Å². The molecule has 0 fully saturated rings. The minimum absolute atomic E-state index is 0.0761. The Balaban J connectivity index is 0.000000226. The molecule has 0 aliphatic rings. The number of carbonyl (C=O) groups excluding carboxylic acids is 1. The van der Waals surface area contributed by atoms with Gasteiger partial charge in [-0.15, -0.1) is 0 Å². The van der Waals surface area contributed by atoms with Gasteiger partial charge in [0.1, 0.15) is 16.7 Å². The number of pyridine rings is 2. The van der Waals surface area contributed by atoms with Crippen LogP contribution in [-0.4, -0.2) is 68.8 Å². The highest BCUT2D eigenvalue weighted by molar-refractivity contribution is 8.00. The van der Waals surface area contributed by atoms with Crippen molar-refractivity contribution >= 4 is 57.3 Å². The van der Waals surface area contributed by atoms with Gasteiger partial charge in [-0.2, -0.15) is 49.9 Å². The molecule has 0 amide bonds. The number of fused-ring (bicyclic) bond motifs is 2. The first-order chi connectivity index (χ1) is 19.2. The third-order valence-corrected chi connectivity index (χ3v) is 7.34. The summed E-state index contributed by atoms with van der Waals surface area (Å²) in [4.78, 5) is 27.6. The molecule has 41 heavy (non-hydrogen) atoms. The molecule has 222 valence electrons. The van der Waals surface area contributed by atoms with Crippen molar-refractivity contribution in [1.82, 2.24) is 29.1 Å². The zero-order chi connectivity index (χ0) is 30.5. The van der Waals surface area contributed by atoms with Crippen LogP contribution < -0.4 is 0 Å². The number of nitrogens with zero attached hydrogens (tertiary/aromatic N) is 7. The third-order valence-electron chi connectivity index (χ3n) is 5.58. The molecule has 4 aromatic heterocycles. The number of Topliss-reactive ketones (excluding diaryl/α,β-unsaturated/α-hetero) is 1. The van der Waals surface area contributed by atoms with Crippen molar-refractivity contribution in [3.63, 3.8) is 0 Å². The average Bonchev–Trinajstić information content (AvgIpc) is 3.43. The van der Waals surface area contributed by atoms with Gasteiger partial charge in [-0.1, -0.05) is 19.0 Å². The van der Waals surface area contributed by atoms with Gasteiger partial charge in [-0.05, 0) is 23.6 Å². The Hall–Kier alpha value is -3.34. The fraction of sp³-hybridized carbons (Fsp3) is 0.417. The number of hydrogen-bond donors (Lipinski definition) is 1. The van der Waals surface area contributed by atoms with Crippen molar-refractivity contribution in [3.05, 3.63) is 47.3 Å². The molecule has 17 heteroatoms. The van der Waals surface area contributed by atoms with Gasteiger partial charge in [0.2, 0.25) is 5.78 Å². The van der Waals surface area contributed by atoms with E-state index in [2.05, 4.69) is 25.1 Å². The molecule has 0 atom stereocenters. The highest BCUT2D eigenvalue weighted by Crippen LogP contribution is 2.31. The Morgan fingerprint density at radius 1 is 0.829 bits per heavy atom. The number of halogens is 6. The standard InChI is InChI=1S/C12H13F3N4OS.C12H12F3N3OS/c1-3-21-6-9(18-20)11-17-8-4-7(12(13,14)15)5-16-10(8)19(11)2;1-3-20-6-9(19)11-17-8-4-7(12(13,14)15)5-16-10(8)18(11)2/h4-5,20H,3,6H2,1-2H3;4-5H,3,6H2,1-2H3. The van der Waals surface area contributed by atoms with E-state index < -0.39 is 23.5 Å². The normalized spacial score (nSPS) is 12.6. The Morgan fingerprint density at radius 2 is 1.27 bits per heavy atom. The second-order valence-corrected chi connectivity index (χ2v) is 10.9. The summed E-state index contributed by atoms with van der Waals surface area (Å²) in [6.07, 6.45) is -7.42. The lowest BCUT2D eigenvalue weighted by atomic mass is 10.2. The molecule has 4 aromatic rings. The number of alkyl halides is 6. The highest BCUT2D eigenvalue weighted by Gasteiger charge is 2.33. The molecule has 0 aliphatic heterocycles. The Labute approximate surface area is 238 Å². The van der Waals surface area contributed by atoms with Crippen LogP contribution in [0.4, 0.5) is 26.3 Å². The second-order valence-electron chi connectivity index (χ2n) is 8.36. The largest absolute Gasteiger partial charge is 0.417 e. The molecular formula is C24H25F6N7O2S2. The minimum atomic E-state index is -4.47. The Kier molecular flexibility index (Phi) is 10.3. The maximum absolute atomic E-state index is 12.7. The lowest BCUT2D eigenvalue weighted by Gasteiger charge is -2.05. The molecule has 0 bridgehead atoms. The number of aromatic nitrogens is 6. The van der Waals surface area contributed by atoms with Crippen molar-refractivity contribution in [2.75, 3.05) is 23.0 Å². The molecule has 0 saturated carbocycles. The van der Waals surface area contributed by atoms with Gasteiger partial charge in [0.15, 0.2) is 22.9 Å². The molecule has 4 rings (SSSR count). The van der Waals surface area contributed by atoms with Crippen LogP contribution in [-0.2, 0) is 26.4 Å². The van der Waals surface area contributed by atoms with Crippen LogP contribution in [0.3, 0.4) is 0 Å². The van der Waals surface area contributed by atoms with Gasteiger partial charge >= 0.3 is 12.4 Å². The van der Waals surface area contributed by atoms with Crippen molar-refractivity contribution < 1.29 is 36.3 Å². The van der Waals surface area contributed by atoms with Crippen molar-refractivity contribution in [2.45, 2.75) is 26.2 Å². The van der Waals surface area contributed by atoms with Gasteiger partial charge in [-0.3, -0.25) is 4.79 Å². The zero-order valence-electron chi connectivity index (χ0n) is 22.2. The van der Waals surface area contributed by atoms with E-state index >= 15 is 0 Å². The minimum Gasteiger partial charge on any atom is -0.411 e. The molecule has 9 nitrogen and oxygen atoms in total. The first-order valence-electron chi connectivity index (χ1n) is 11.9. The Bertz CT molecular complexity index is 1560. The lowest BCUT2D eigenvalue weighted by molar-refractivity contribution is -0.138. The molecular weight excluding hydrogens is 596 g/mol. The summed E-state index contributed by atoms with van der Waals surface area (Å²) in [6, 6.07) is 1.85. The predicted octanol–water partition coefficient (Wildman–Crippen LogP) is 5.84. The van der Waals surface area contributed by atoms with E-state index in [1.54, 1.807) is 14.1 Å². The molecule has 0 radical (unpaired) electrons. The fourth-order valence-corrected chi connectivity index (χ4v) is 4.67. The number of thioether (sulfide) groups is 2. The molecule has 0 saturated heterocycles. The maximum Gasteiger partial charge on any atom is 0.417 e.